The van der Waals surface area contributed by atoms with Crippen molar-refractivity contribution in [1.82, 2.24) is 4.90 Å². The van der Waals surface area contributed by atoms with Gasteiger partial charge in [0.25, 0.3) is 0 Å². The minimum Gasteiger partial charge on any atom is -0.496 e. The van der Waals surface area contributed by atoms with Gasteiger partial charge in [0, 0.05) is 6.04 Å². The van der Waals surface area contributed by atoms with Crippen LogP contribution in [0.2, 0.25) is 0 Å². The molecule has 2 saturated heterocycles. The molecular weight excluding hydrogens is 321 g/mol. The van der Waals surface area contributed by atoms with Crippen LogP contribution in [0.3, 0.4) is 0 Å². The van der Waals surface area contributed by atoms with E-state index in [-0.39, 0.29) is 43.2 Å². The van der Waals surface area contributed by atoms with E-state index in [9.17, 15) is 9.59 Å². The normalized spacial score (nSPS) is 43.4. The van der Waals surface area contributed by atoms with E-state index in [4.69, 9.17) is 14.0 Å². The fourth-order valence-electron chi connectivity index (χ4n) is 5.44. The van der Waals surface area contributed by atoms with E-state index in [1.807, 2.05) is 11.8 Å². The SMILES string of the molecule is CC[C@@H]1OC1B1OC(=O)CN(C2CC3C[C@H]([C@H]2C)C3(C)C)CC(=O)O1. The van der Waals surface area contributed by atoms with E-state index in [1.165, 1.54) is 6.42 Å². The van der Waals surface area contributed by atoms with Crippen molar-refractivity contribution in [3.05, 3.63) is 0 Å². The van der Waals surface area contributed by atoms with Gasteiger partial charge in [0.15, 0.2) is 0 Å². The highest BCUT2D eigenvalue weighted by molar-refractivity contribution is 6.51. The maximum Gasteiger partial charge on any atom is 0.632 e. The van der Waals surface area contributed by atoms with Crippen LogP contribution in [0.1, 0.15) is 47.0 Å². The van der Waals surface area contributed by atoms with Gasteiger partial charge in [0.2, 0.25) is 0 Å². The maximum atomic E-state index is 12.3. The molecule has 3 saturated carbocycles. The monoisotopic (exact) mass is 349 g/mol. The van der Waals surface area contributed by atoms with Crippen molar-refractivity contribution in [2.24, 2.45) is 23.2 Å². The second kappa shape index (κ2) is 5.98. The Morgan fingerprint density at radius 2 is 1.80 bits per heavy atom. The summed E-state index contributed by atoms with van der Waals surface area (Å²) < 4.78 is 16.2. The molecule has 7 heteroatoms. The van der Waals surface area contributed by atoms with Gasteiger partial charge in [-0.25, -0.2) is 0 Å². The average molecular weight is 349 g/mol. The van der Waals surface area contributed by atoms with Crippen LogP contribution in [-0.4, -0.2) is 55.2 Å². The summed E-state index contributed by atoms with van der Waals surface area (Å²) in [7, 11) is -0.886. The molecule has 0 aromatic heterocycles. The van der Waals surface area contributed by atoms with Gasteiger partial charge in [-0.2, -0.15) is 0 Å². The number of hydrogen-bond acceptors (Lipinski definition) is 6. The standard InChI is InChI=1S/C18H28BNO5/c1-5-14-17(23-14)19-24-15(21)8-20(9-16(22)25-19)13-7-11-6-12(10(13)2)18(11,3)4/h10-14,17H,5-9H2,1-4H3/t10-,11?,12-,13?,14+,17?/m1/s1. The van der Waals surface area contributed by atoms with Crippen molar-refractivity contribution in [3.63, 3.8) is 0 Å². The molecule has 0 N–H and O–H groups in total. The number of hydrogen-bond donors (Lipinski definition) is 0. The van der Waals surface area contributed by atoms with E-state index in [0.717, 1.165) is 12.8 Å². The molecule has 6 atom stereocenters. The zero-order valence-electron chi connectivity index (χ0n) is 15.6. The van der Waals surface area contributed by atoms with Crippen LogP contribution in [-0.2, 0) is 23.6 Å². The highest BCUT2D eigenvalue weighted by Gasteiger charge is 2.58. The van der Waals surface area contributed by atoms with E-state index in [1.54, 1.807) is 0 Å². The lowest BCUT2D eigenvalue weighted by molar-refractivity contribution is -0.160. The number of carbonyl (C=O) groups excluding carboxylic acids is 2. The largest absolute Gasteiger partial charge is 0.632 e. The first kappa shape index (κ1) is 17.3. The molecular formula is C18H28BNO5. The van der Waals surface area contributed by atoms with Crippen LogP contribution < -0.4 is 0 Å². The fraction of sp³-hybridized carbons (Fsp3) is 0.889. The van der Waals surface area contributed by atoms with Crippen molar-refractivity contribution in [3.8, 4) is 0 Å². The molecule has 0 radical (unpaired) electrons. The Bertz CT molecular complexity index is 562. The molecule has 25 heavy (non-hydrogen) atoms. The first-order valence-electron chi connectivity index (χ1n) is 9.59. The lowest BCUT2D eigenvalue weighted by atomic mass is 9.44. The lowest BCUT2D eigenvalue weighted by Crippen LogP contribution is -2.62. The summed E-state index contributed by atoms with van der Waals surface area (Å²) in [6, 6.07) is -0.0551. The zero-order valence-corrected chi connectivity index (χ0v) is 15.6. The molecule has 5 rings (SSSR count). The van der Waals surface area contributed by atoms with Crippen molar-refractivity contribution in [1.29, 1.82) is 0 Å². The molecule has 5 fully saturated rings. The van der Waals surface area contributed by atoms with E-state index in [2.05, 4.69) is 20.8 Å². The second-order valence-corrected chi connectivity index (χ2v) is 8.82. The highest BCUT2D eigenvalue weighted by atomic mass is 16.7. The second-order valence-electron chi connectivity index (χ2n) is 8.82. The van der Waals surface area contributed by atoms with Crippen LogP contribution in [0, 0.1) is 23.2 Å². The number of rotatable bonds is 3. The predicted octanol–water partition coefficient (Wildman–Crippen LogP) is 1.66. The van der Waals surface area contributed by atoms with Crippen LogP contribution in [0.4, 0.5) is 0 Å². The van der Waals surface area contributed by atoms with Gasteiger partial charge < -0.3 is 14.0 Å². The third-order valence-electron chi connectivity index (χ3n) is 7.23. The van der Waals surface area contributed by atoms with Crippen molar-refractivity contribution < 1.29 is 23.6 Å². The number of ether oxygens (including phenoxy) is 1. The van der Waals surface area contributed by atoms with Gasteiger partial charge in [-0.3, -0.25) is 14.5 Å². The smallest absolute Gasteiger partial charge is 0.496 e. The molecule has 3 unspecified atom stereocenters. The molecule has 2 bridgehead atoms. The van der Waals surface area contributed by atoms with Gasteiger partial charge in [-0.15, -0.1) is 0 Å². The van der Waals surface area contributed by atoms with Gasteiger partial charge in [0.05, 0.1) is 19.2 Å². The first-order chi connectivity index (χ1) is 11.8. The Labute approximate surface area is 149 Å². The quantitative estimate of drug-likeness (QED) is 0.570. The summed E-state index contributed by atoms with van der Waals surface area (Å²) >= 11 is 0. The summed E-state index contributed by atoms with van der Waals surface area (Å²) in [6.07, 6.45) is 3.15. The van der Waals surface area contributed by atoms with Gasteiger partial charge >= 0.3 is 19.1 Å². The zero-order chi connectivity index (χ0) is 17.9. The Hall–Kier alpha value is -1.08. The number of epoxide rings is 1. The molecule has 138 valence electrons. The summed E-state index contributed by atoms with van der Waals surface area (Å²) in [5.74, 6) is 1.15. The fourth-order valence-corrected chi connectivity index (χ4v) is 5.44. The van der Waals surface area contributed by atoms with Crippen LogP contribution in [0.5, 0.6) is 0 Å². The summed E-state index contributed by atoms with van der Waals surface area (Å²) in [4.78, 5) is 26.7. The molecule has 0 spiro atoms. The third-order valence-corrected chi connectivity index (χ3v) is 7.23. The molecule has 2 aliphatic heterocycles. The molecule has 2 heterocycles. The third kappa shape index (κ3) is 2.89. The molecule has 0 amide bonds. The Morgan fingerprint density at radius 1 is 1.16 bits per heavy atom. The summed E-state index contributed by atoms with van der Waals surface area (Å²) in [6.45, 7) is 9.26. The van der Waals surface area contributed by atoms with E-state index >= 15 is 0 Å². The molecule has 0 aromatic carbocycles. The van der Waals surface area contributed by atoms with Crippen molar-refractivity contribution in [2.45, 2.75) is 65.1 Å². The predicted molar refractivity (Wildman–Crippen MR) is 91.4 cm³/mol. The van der Waals surface area contributed by atoms with E-state index in [0.29, 0.717) is 23.2 Å². The molecule has 0 aromatic rings. The Balaban J connectivity index is 1.43. The van der Waals surface area contributed by atoms with Gasteiger partial charge in [0.1, 0.15) is 6.00 Å². The summed E-state index contributed by atoms with van der Waals surface area (Å²) in [5.41, 5.74) is 0.378. The molecule has 6 nitrogen and oxygen atoms in total. The minimum atomic E-state index is -0.886. The van der Waals surface area contributed by atoms with Gasteiger partial charge in [-0.1, -0.05) is 27.7 Å². The average Bonchev–Trinajstić information content (AvgIpc) is 3.31. The van der Waals surface area contributed by atoms with Crippen molar-refractivity contribution >= 4 is 19.1 Å². The topological polar surface area (TPSA) is 68.4 Å². The summed E-state index contributed by atoms with van der Waals surface area (Å²) in [5, 5.41) is 0. The first-order valence-corrected chi connectivity index (χ1v) is 9.59. The van der Waals surface area contributed by atoms with Gasteiger partial charge in [-0.05, 0) is 42.4 Å². The van der Waals surface area contributed by atoms with E-state index < -0.39 is 7.12 Å². The minimum absolute atomic E-state index is 0.0221. The lowest BCUT2D eigenvalue weighted by Gasteiger charge is -2.63. The van der Waals surface area contributed by atoms with Crippen LogP contribution in [0.25, 0.3) is 0 Å². The number of nitrogens with zero attached hydrogens (tertiary/aromatic N) is 1. The van der Waals surface area contributed by atoms with Crippen LogP contribution in [0.15, 0.2) is 0 Å². The van der Waals surface area contributed by atoms with Crippen LogP contribution >= 0.6 is 0 Å². The van der Waals surface area contributed by atoms with Crippen molar-refractivity contribution in [2.75, 3.05) is 13.1 Å². The Morgan fingerprint density at radius 3 is 2.28 bits per heavy atom. The number of carbonyl (C=O) groups is 2. The Kier molecular flexibility index (Phi) is 4.15. The molecule has 5 aliphatic rings. The highest BCUT2D eigenvalue weighted by Crippen LogP contribution is 2.62. The molecule has 3 aliphatic carbocycles. The maximum absolute atomic E-state index is 12.3. The number of fused-ring (bicyclic) bond motifs is 2.